The van der Waals surface area contributed by atoms with E-state index in [9.17, 15) is 4.79 Å². The molecule has 2 atom stereocenters. The lowest BCUT2D eigenvalue weighted by molar-refractivity contribution is -0.141. The smallest absolute Gasteiger partial charge is 0.313 e. The summed E-state index contributed by atoms with van der Waals surface area (Å²) in [6.45, 7) is 5.47. The fourth-order valence-electron chi connectivity index (χ4n) is 1.16. The van der Waals surface area contributed by atoms with Crippen molar-refractivity contribution in [3.8, 4) is 0 Å². The molecule has 0 saturated carbocycles. The van der Waals surface area contributed by atoms with Gasteiger partial charge in [-0.2, -0.15) is 0 Å². The molecule has 1 saturated heterocycles. The Morgan fingerprint density at radius 1 is 1.73 bits per heavy atom. The Bertz CT molecular complexity index is 194. The molecule has 0 amide bonds. The van der Waals surface area contributed by atoms with Gasteiger partial charge in [0.15, 0.2) is 0 Å². The van der Waals surface area contributed by atoms with Gasteiger partial charge in [-0.3, -0.25) is 4.79 Å². The molecule has 2 heteroatoms. The largest absolute Gasteiger partial charge is 0.458 e. The number of carbonyl (C=O) groups excluding carboxylic acids is 1. The predicted octanol–water partition coefficient (Wildman–Crippen LogP) is 1.68. The van der Waals surface area contributed by atoms with Crippen molar-refractivity contribution in [2.45, 2.75) is 19.4 Å². The molecule has 1 fully saturated rings. The zero-order valence-electron chi connectivity index (χ0n) is 6.62. The van der Waals surface area contributed by atoms with Gasteiger partial charge < -0.3 is 4.74 Å². The third-order valence-corrected chi connectivity index (χ3v) is 1.75. The van der Waals surface area contributed by atoms with E-state index in [-0.39, 0.29) is 18.0 Å². The number of cyclic esters (lactones) is 1. The van der Waals surface area contributed by atoms with E-state index in [0.717, 1.165) is 6.42 Å². The molecule has 0 aromatic carbocycles. The molecule has 0 bridgehead atoms. The van der Waals surface area contributed by atoms with Crippen LogP contribution in [0.4, 0.5) is 0 Å². The van der Waals surface area contributed by atoms with Gasteiger partial charge in [0.1, 0.15) is 6.10 Å². The molecule has 0 radical (unpaired) electrons. The number of ether oxygens (including phenoxy) is 1. The highest BCUT2D eigenvalue weighted by molar-refractivity contribution is 5.76. The highest BCUT2D eigenvalue weighted by Gasteiger charge is 2.30. The van der Waals surface area contributed by atoms with Crippen LogP contribution in [0.5, 0.6) is 0 Å². The van der Waals surface area contributed by atoms with Crippen LogP contribution in [-0.4, -0.2) is 12.1 Å². The lowest BCUT2D eigenvalue weighted by Crippen LogP contribution is -2.03. The molecule has 2 unspecified atom stereocenters. The summed E-state index contributed by atoms with van der Waals surface area (Å²) in [5, 5.41) is 0. The monoisotopic (exact) mass is 152 g/mol. The number of rotatable bonds is 2. The second kappa shape index (κ2) is 3.37. The van der Waals surface area contributed by atoms with E-state index < -0.39 is 0 Å². The number of allylic oxidation sites excluding steroid dienone is 1. The van der Waals surface area contributed by atoms with Crippen molar-refractivity contribution in [1.29, 1.82) is 0 Å². The van der Waals surface area contributed by atoms with Gasteiger partial charge in [-0.25, -0.2) is 0 Å². The summed E-state index contributed by atoms with van der Waals surface area (Å²) in [4.78, 5) is 11.0. The third kappa shape index (κ3) is 1.70. The summed E-state index contributed by atoms with van der Waals surface area (Å²) in [6, 6.07) is 0. The SMILES string of the molecule is C=CC1CC(C=CC)OC1=O. The summed E-state index contributed by atoms with van der Waals surface area (Å²) in [5.41, 5.74) is 0. The van der Waals surface area contributed by atoms with Gasteiger partial charge in [0.05, 0.1) is 5.92 Å². The highest BCUT2D eigenvalue weighted by Crippen LogP contribution is 2.22. The van der Waals surface area contributed by atoms with Gasteiger partial charge in [0.25, 0.3) is 0 Å². The Kier molecular flexibility index (Phi) is 2.47. The molecule has 1 heterocycles. The molecule has 0 aromatic rings. The standard InChI is InChI=1S/C9H12O2/c1-3-5-8-6-7(4-2)9(10)11-8/h3-5,7-8H,2,6H2,1H3. The van der Waals surface area contributed by atoms with E-state index in [1.807, 2.05) is 19.1 Å². The first-order valence-electron chi connectivity index (χ1n) is 3.73. The fourth-order valence-corrected chi connectivity index (χ4v) is 1.16. The van der Waals surface area contributed by atoms with Gasteiger partial charge in [-0.15, -0.1) is 6.58 Å². The summed E-state index contributed by atoms with van der Waals surface area (Å²) in [5.74, 6) is -0.251. The molecule has 1 aliphatic rings. The van der Waals surface area contributed by atoms with Crippen LogP contribution >= 0.6 is 0 Å². The van der Waals surface area contributed by atoms with Crippen LogP contribution in [-0.2, 0) is 9.53 Å². The van der Waals surface area contributed by atoms with E-state index >= 15 is 0 Å². The normalized spacial score (nSPS) is 30.8. The topological polar surface area (TPSA) is 26.3 Å². The van der Waals surface area contributed by atoms with Crippen LogP contribution in [0.1, 0.15) is 13.3 Å². The minimum Gasteiger partial charge on any atom is -0.458 e. The van der Waals surface area contributed by atoms with Gasteiger partial charge in [-0.1, -0.05) is 12.2 Å². The molecule has 0 spiro atoms. The predicted molar refractivity (Wildman–Crippen MR) is 43.0 cm³/mol. The van der Waals surface area contributed by atoms with Crippen LogP contribution in [0, 0.1) is 5.92 Å². The van der Waals surface area contributed by atoms with Crippen molar-refractivity contribution >= 4 is 5.97 Å². The average molecular weight is 152 g/mol. The quantitative estimate of drug-likeness (QED) is 0.444. The van der Waals surface area contributed by atoms with Crippen molar-refractivity contribution in [2.24, 2.45) is 5.92 Å². The van der Waals surface area contributed by atoms with Crippen LogP contribution < -0.4 is 0 Å². The molecular formula is C9H12O2. The van der Waals surface area contributed by atoms with E-state index in [4.69, 9.17) is 4.74 Å². The highest BCUT2D eigenvalue weighted by atomic mass is 16.5. The maximum atomic E-state index is 11.0. The number of esters is 1. The van der Waals surface area contributed by atoms with Gasteiger partial charge in [-0.05, 0) is 13.0 Å². The van der Waals surface area contributed by atoms with E-state index in [0.29, 0.717) is 0 Å². The second-order valence-electron chi connectivity index (χ2n) is 2.58. The van der Waals surface area contributed by atoms with Gasteiger partial charge in [0.2, 0.25) is 0 Å². The molecule has 0 N–H and O–H groups in total. The summed E-state index contributed by atoms with van der Waals surface area (Å²) < 4.78 is 5.01. The zero-order valence-corrected chi connectivity index (χ0v) is 6.62. The van der Waals surface area contributed by atoms with Crippen molar-refractivity contribution < 1.29 is 9.53 Å². The Hall–Kier alpha value is -1.05. The van der Waals surface area contributed by atoms with Gasteiger partial charge in [0, 0.05) is 6.42 Å². The Labute approximate surface area is 66.5 Å². The molecule has 2 nitrogen and oxygen atoms in total. The molecule has 0 aromatic heterocycles. The number of hydrogen-bond acceptors (Lipinski definition) is 2. The third-order valence-electron chi connectivity index (χ3n) is 1.75. The minimum absolute atomic E-state index is 0.0319. The average Bonchev–Trinajstić information content (AvgIpc) is 2.32. The van der Waals surface area contributed by atoms with E-state index in [2.05, 4.69) is 6.58 Å². The maximum absolute atomic E-state index is 11.0. The van der Waals surface area contributed by atoms with Crippen molar-refractivity contribution in [3.05, 3.63) is 24.8 Å². The van der Waals surface area contributed by atoms with E-state index in [1.54, 1.807) is 6.08 Å². The van der Waals surface area contributed by atoms with Crippen molar-refractivity contribution in [1.82, 2.24) is 0 Å². The molecule has 60 valence electrons. The first-order chi connectivity index (χ1) is 5.27. The summed E-state index contributed by atoms with van der Waals surface area (Å²) in [6.07, 6.45) is 6.14. The molecule has 11 heavy (non-hydrogen) atoms. The van der Waals surface area contributed by atoms with Crippen molar-refractivity contribution in [2.75, 3.05) is 0 Å². The van der Waals surface area contributed by atoms with Crippen LogP contribution in [0.3, 0.4) is 0 Å². The van der Waals surface area contributed by atoms with Crippen LogP contribution in [0.15, 0.2) is 24.8 Å². The maximum Gasteiger partial charge on any atom is 0.313 e. The first-order valence-corrected chi connectivity index (χ1v) is 3.73. The Morgan fingerprint density at radius 2 is 2.45 bits per heavy atom. The lowest BCUT2D eigenvalue weighted by atomic mass is 10.1. The first kappa shape index (κ1) is 8.05. The zero-order chi connectivity index (χ0) is 8.27. The van der Waals surface area contributed by atoms with Crippen molar-refractivity contribution in [3.63, 3.8) is 0 Å². The minimum atomic E-state index is -0.150. The molecular weight excluding hydrogens is 140 g/mol. The Morgan fingerprint density at radius 3 is 2.91 bits per heavy atom. The van der Waals surface area contributed by atoms with Crippen LogP contribution in [0.25, 0.3) is 0 Å². The fraction of sp³-hybridized carbons (Fsp3) is 0.444. The van der Waals surface area contributed by atoms with Crippen LogP contribution in [0.2, 0.25) is 0 Å². The lowest BCUT2D eigenvalue weighted by Gasteiger charge is -1.99. The number of hydrogen-bond donors (Lipinski definition) is 0. The molecule has 1 rings (SSSR count). The Balaban J connectivity index is 2.56. The second-order valence-corrected chi connectivity index (χ2v) is 2.58. The summed E-state index contributed by atoms with van der Waals surface area (Å²) in [7, 11) is 0. The van der Waals surface area contributed by atoms with Gasteiger partial charge >= 0.3 is 5.97 Å². The molecule has 1 aliphatic heterocycles. The van der Waals surface area contributed by atoms with E-state index in [1.165, 1.54) is 0 Å². The summed E-state index contributed by atoms with van der Waals surface area (Å²) >= 11 is 0. The number of carbonyl (C=O) groups is 1. The molecule has 0 aliphatic carbocycles.